The Hall–Kier alpha value is -1.93. The third-order valence-corrected chi connectivity index (χ3v) is 3.93. The number of benzene rings is 1. The van der Waals surface area contributed by atoms with E-state index >= 15 is 0 Å². The molecule has 1 aliphatic heterocycles. The van der Waals surface area contributed by atoms with Gasteiger partial charge in [-0.3, -0.25) is 4.90 Å². The van der Waals surface area contributed by atoms with E-state index in [4.69, 9.17) is 4.74 Å². The molecule has 140 valence electrons. The van der Waals surface area contributed by atoms with Gasteiger partial charge in [-0.05, 0) is 51.5 Å². The highest BCUT2D eigenvalue weighted by molar-refractivity contribution is 5.72. The minimum absolute atomic E-state index is 0.0481. The summed E-state index contributed by atoms with van der Waals surface area (Å²) in [6.45, 7) is 6.61. The number of alkyl halides is 6. The summed E-state index contributed by atoms with van der Waals surface area (Å²) in [6, 6.07) is 0.509. The second-order valence-electron chi connectivity index (χ2n) is 6.92. The lowest BCUT2D eigenvalue weighted by Gasteiger charge is -2.33. The van der Waals surface area contributed by atoms with Crippen LogP contribution in [0.4, 0.5) is 31.1 Å². The van der Waals surface area contributed by atoms with Crippen molar-refractivity contribution in [3.8, 4) is 0 Å². The molecule has 1 aromatic carbocycles. The molecule has 9 heteroatoms. The van der Waals surface area contributed by atoms with E-state index in [-0.39, 0.29) is 11.6 Å². The maximum absolute atomic E-state index is 13.0. The summed E-state index contributed by atoms with van der Waals surface area (Å²) in [5.74, 6) is 0. The van der Waals surface area contributed by atoms with Crippen molar-refractivity contribution < 1.29 is 35.9 Å². The molecular formula is C16H17F6NO2. The first kappa shape index (κ1) is 19.4. The molecular weight excluding hydrogens is 352 g/mol. The number of hydrogen-bond acceptors (Lipinski definition) is 2. The molecule has 1 aromatic rings. The monoisotopic (exact) mass is 369 g/mol. The van der Waals surface area contributed by atoms with Crippen LogP contribution in [0, 0.1) is 0 Å². The quantitative estimate of drug-likeness (QED) is 0.620. The Morgan fingerprint density at radius 1 is 0.920 bits per heavy atom. The van der Waals surface area contributed by atoms with Gasteiger partial charge in [-0.1, -0.05) is 0 Å². The van der Waals surface area contributed by atoms with E-state index in [1.165, 1.54) is 11.8 Å². The summed E-state index contributed by atoms with van der Waals surface area (Å²) < 4.78 is 82.9. The third kappa shape index (κ3) is 3.85. The fourth-order valence-corrected chi connectivity index (χ4v) is 2.94. The van der Waals surface area contributed by atoms with Crippen LogP contribution in [0.15, 0.2) is 18.2 Å². The molecule has 1 amide bonds. The molecule has 0 radical (unpaired) electrons. The van der Waals surface area contributed by atoms with E-state index in [0.29, 0.717) is 12.1 Å². The maximum Gasteiger partial charge on any atom is 0.416 e. The van der Waals surface area contributed by atoms with Gasteiger partial charge in [-0.25, -0.2) is 4.79 Å². The minimum Gasteiger partial charge on any atom is -0.439 e. The molecule has 3 nitrogen and oxygen atoms in total. The molecule has 25 heavy (non-hydrogen) atoms. The van der Waals surface area contributed by atoms with Crippen molar-refractivity contribution in [2.75, 3.05) is 0 Å². The van der Waals surface area contributed by atoms with Crippen LogP contribution < -0.4 is 0 Å². The summed E-state index contributed by atoms with van der Waals surface area (Å²) in [6.07, 6.45) is -11.9. The Morgan fingerprint density at radius 3 is 1.68 bits per heavy atom. The van der Waals surface area contributed by atoms with Crippen LogP contribution in [0.25, 0.3) is 0 Å². The molecule has 1 fully saturated rings. The zero-order valence-electron chi connectivity index (χ0n) is 13.9. The summed E-state index contributed by atoms with van der Waals surface area (Å²) in [4.78, 5) is 13.3. The van der Waals surface area contributed by atoms with E-state index in [2.05, 4.69) is 0 Å². The lowest BCUT2D eigenvalue weighted by atomic mass is 9.95. The summed E-state index contributed by atoms with van der Waals surface area (Å²) >= 11 is 0. The van der Waals surface area contributed by atoms with Crippen molar-refractivity contribution >= 4 is 6.09 Å². The molecule has 2 rings (SSSR count). The first-order chi connectivity index (χ1) is 11.1. The third-order valence-electron chi connectivity index (χ3n) is 3.93. The zero-order chi connectivity index (χ0) is 19.4. The van der Waals surface area contributed by atoms with Crippen LogP contribution in [0.2, 0.25) is 0 Å². The van der Waals surface area contributed by atoms with E-state index in [1.54, 1.807) is 20.8 Å². The van der Waals surface area contributed by atoms with E-state index in [9.17, 15) is 31.1 Å². The van der Waals surface area contributed by atoms with Gasteiger partial charge in [-0.15, -0.1) is 0 Å². The van der Waals surface area contributed by atoms with Crippen molar-refractivity contribution in [3.05, 3.63) is 34.9 Å². The number of carbonyl (C=O) groups excluding carboxylic acids is 1. The first-order valence-electron chi connectivity index (χ1n) is 7.41. The Morgan fingerprint density at radius 2 is 1.36 bits per heavy atom. The van der Waals surface area contributed by atoms with E-state index < -0.39 is 47.3 Å². The second kappa shape index (κ2) is 5.81. The van der Waals surface area contributed by atoms with Crippen molar-refractivity contribution in [2.45, 2.75) is 57.7 Å². The molecule has 1 aliphatic rings. The highest BCUT2D eigenvalue weighted by Crippen LogP contribution is 2.42. The van der Waals surface area contributed by atoms with Crippen LogP contribution >= 0.6 is 0 Å². The zero-order valence-corrected chi connectivity index (χ0v) is 13.9. The fourth-order valence-electron chi connectivity index (χ4n) is 2.94. The Bertz CT molecular complexity index is 642. The van der Waals surface area contributed by atoms with Gasteiger partial charge < -0.3 is 4.74 Å². The number of halogens is 6. The van der Waals surface area contributed by atoms with Crippen molar-refractivity contribution in [3.63, 3.8) is 0 Å². The maximum atomic E-state index is 13.0. The lowest BCUT2D eigenvalue weighted by molar-refractivity contribution is -0.143. The lowest BCUT2D eigenvalue weighted by Crippen LogP contribution is -2.46. The number of hydrogen-bond donors (Lipinski definition) is 0. The van der Waals surface area contributed by atoms with Crippen LogP contribution in [0.5, 0.6) is 0 Å². The number of ether oxygens (including phenoxy) is 1. The molecule has 0 bridgehead atoms. The Kier molecular flexibility index (Phi) is 4.51. The second-order valence-corrected chi connectivity index (χ2v) is 6.92. The van der Waals surface area contributed by atoms with Crippen LogP contribution in [0.3, 0.4) is 0 Å². The fraction of sp³-hybridized carbons (Fsp3) is 0.562. The highest BCUT2D eigenvalue weighted by atomic mass is 19.4. The molecule has 0 N–H and O–H groups in total. The molecule has 0 saturated carbocycles. The Balaban J connectivity index is 2.54. The molecule has 1 heterocycles. The van der Waals surface area contributed by atoms with Crippen molar-refractivity contribution in [1.82, 2.24) is 4.90 Å². The molecule has 0 unspecified atom stereocenters. The van der Waals surface area contributed by atoms with Gasteiger partial charge in [0.1, 0.15) is 6.10 Å². The van der Waals surface area contributed by atoms with Crippen molar-refractivity contribution in [1.29, 1.82) is 0 Å². The average molecular weight is 369 g/mol. The van der Waals surface area contributed by atoms with Gasteiger partial charge in [0.15, 0.2) is 0 Å². The van der Waals surface area contributed by atoms with Crippen LogP contribution in [-0.4, -0.2) is 22.6 Å². The van der Waals surface area contributed by atoms with E-state index in [0.717, 1.165) is 0 Å². The number of nitrogens with zero attached hydrogens (tertiary/aromatic N) is 1. The number of rotatable bonds is 1. The minimum atomic E-state index is -4.95. The van der Waals surface area contributed by atoms with Crippen LogP contribution in [0.1, 0.15) is 50.5 Å². The SMILES string of the molecule is C[C@H]1[C@H](c2cc(C(F)(F)F)cc(C(F)(F)F)c2)OC(=O)N1C(C)(C)C. The normalized spacial score (nSPS) is 22.3. The molecule has 0 aromatic heterocycles. The molecule has 0 spiro atoms. The Labute approximate surface area is 140 Å². The smallest absolute Gasteiger partial charge is 0.416 e. The first-order valence-corrected chi connectivity index (χ1v) is 7.41. The topological polar surface area (TPSA) is 29.5 Å². The van der Waals surface area contributed by atoms with Gasteiger partial charge in [-0.2, -0.15) is 26.3 Å². The molecule has 2 atom stereocenters. The predicted octanol–water partition coefficient (Wildman–Crippen LogP) is 5.40. The van der Waals surface area contributed by atoms with Gasteiger partial charge in [0, 0.05) is 5.54 Å². The number of carbonyl (C=O) groups is 1. The average Bonchev–Trinajstić information content (AvgIpc) is 2.71. The van der Waals surface area contributed by atoms with Gasteiger partial charge in [0.2, 0.25) is 0 Å². The largest absolute Gasteiger partial charge is 0.439 e. The van der Waals surface area contributed by atoms with Gasteiger partial charge in [0.25, 0.3) is 0 Å². The van der Waals surface area contributed by atoms with Crippen molar-refractivity contribution in [2.24, 2.45) is 0 Å². The molecule has 1 saturated heterocycles. The van der Waals surface area contributed by atoms with Gasteiger partial charge in [0.05, 0.1) is 17.2 Å². The summed E-state index contributed by atoms with van der Waals surface area (Å²) in [7, 11) is 0. The van der Waals surface area contributed by atoms with E-state index in [1.807, 2.05) is 0 Å². The number of amides is 1. The standard InChI is InChI=1S/C16H17F6NO2/c1-8-12(25-13(24)23(8)14(2,3)4)9-5-10(15(17,18)19)7-11(6-9)16(20,21)22/h5-8,12H,1-4H3/t8-,12+/m0/s1. The number of cyclic esters (lactones) is 1. The van der Waals surface area contributed by atoms with Gasteiger partial charge >= 0.3 is 18.4 Å². The highest BCUT2D eigenvalue weighted by Gasteiger charge is 2.46. The van der Waals surface area contributed by atoms with Crippen LogP contribution in [-0.2, 0) is 17.1 Å². The summed E-state index contributed by atoms with van der Waals surface area (Å²) in [5.41, 5.74) is -3.90. The summed E-state index contributed by atoms with van der Waals surface area (Å²) in [5, 5.41) is 0. The molecule has 0 aliphatic carbocycles. The predicted molar refractivity (Wildman–Crippen MR) is 76.7 cm³/mol.